The van der Waals surface area contributed by atoms with Crippen LogP contribution < -0.4 is 9.64 Å². The fourth-order valence-electron chi connectivity index (χ4n) is 7.64. The van der Waals surface area contributed by atoms with Crippen molar-refractivity contribution < 1.29 is 31.9 Å². The minimum atomic E-state index is -3.30. The molecule has 3 aromatic heterocycles. The summed E-state index contributed by atoms with van der Waals surface area (Å²) in [5.41, 5.74) is 3.62. The number of rotatable bonds is 11. The topological polar surface area (TPSA) is 145 Å². The van der Waals surface area contributed by atoms with Gasteiger partial charge >= 0.3 is 5.97 Å². The van der Waals surface area contributed by atoms with Gasteiger partial charge in [0, 0.05) is 54.8 Å². The fourth-order valence-corrected chi connectivity index (χ4v) is 8.54. The molecule has 0 aromatic carbocycles. The third kappa shape index (κ3) is 7.73. The highest BCUT2D eigenvalue weighted by Crippen LogP contribution is 2.41. The maximum atomic E-state index is 14.4. The van der Waals surface area contributed by atoms with Crippen LogP contribution in [0.5, 0.6) is 5.75 Å². The number of methoxy groups -OCH3 is 1. The van der Waals surface area contributed by atoms with E-state index in [0.29, 0.717) is 55.8 Å². The quantitative estimate of drug-likeness (QED) is 0.230. The van der Waals surface area contributed by atoms with Gasteiger partial charge in [-0.1, -0.05) is 0 Å². The van der Waals surface area contributed by atoms with Gasteiger partial charge in [0.1, 0.15) is 29.6 Å². The Morgan fingerprint density at radius 3 is 2.32 bits per heavy atom. The molecule has 50 heavy (non-hydrogen) atoms. The minimum Gasteiger partial charge on any atom is -0.495 e. The van der Waals surface area contributed by atoms with Gasteiger partial charge in [0.15, 0.2) is 5.89 Å². The van der Waals surface area contributed by atoms with Crippen molar-refractivity contribution in [3.05, 3.63) is 54.0 Å². The van der Waals surface area contributed by atoms with Crippen molar-refractivity contribution in [2.45, 2.75) is 89.1 Å². The number of aromatic nitrogens is 3. The SMILES string of the molecule is COc1ccc([C@H]2CC[C@H](CN(c3cc(-c4coc(C5CC5)n4)ccn3)C(=O)[C@H]3CC[C@H](OC(=O)C4CN(S(C)(=O)=O)C4)CC3)CC2)nc1C. The molecule has 0 bridgehead atoms. The molecule has 3 aliphatic carbocycles. The molecule has 0 atom stereocenters. The first kappa shape index (κ1) is 34.6. The van der Waals surface area contributed by atoms with Crippen LogP contribution in [0, 0.1) is 24.7 Å². The van der Waals surface area contributed by atoms with Crippen LogP contribution in [0.1, 0.15) is 93.3 Å². The molecule has 12 nitrogen and oxygen atoms in total. The second-order valence-corrected chi connectivity index (χ2v) is 16.6. The van der Waals surface area contributed by atoms with Gasteiger partial charge in [0.2, 0.25) is 15.9 Å². The molecule has 268 valence electrons. The zero-order chi connectivity index (χ0) is 35.0. The van der Waals surface area contributed by atoms with Gasteiger partial charge in [-0.15, -0.1) is 0 Å². The normalized spacial score (nSPS) is 24.7. The summed E-state index contributed by atoms with van der Waals surface area (Å²) in [4.78, 5) is 43.2. The lowest BCUT2D eigenvalue weighted by Crippen LogP contribution is -2.53. The van der Waals surface area contributed by atoms with Crippen LogP contribution >= 0.6 is 0 Å². The number of sulfonamides is 1. The summed E-state index contributed by atoms with van der Waals surface area (Å²) in [5, 5.41) is 0. The van der Waals surface area contributed by atoms with Crippen molar-refractivity contribution in [2.75, 3.05) is 37.9 Å². The Balaban J connectivity index is 1.02. The van der Waals surface area contributed by atoms with E-state index < -0.39 is 15.9 Å². The average molecular weight is 706 g/mol. The lowest BCUT2D eigenvalue weighted by molar-refractivity contribution is -0.159. The maximum Gasteiger partial charge on any atom is 0.311 e. The molecule has 7 rings (SSSR count). The van der Waals surface area contributed by atoms with Crippen LogP contribution in [0.25, 0.3) is 11.3 Å². The standard InChI is InChI=1S/C37H47N5O7S/c1-23-33(47-2)15-14-31(39-23)25-6-4-24(5-7-25)19-42(34-18-28(16-17-38-34)32-22-48-35(40-32)26-8-9-26)36(43)27-10-12-30(13-11-27)49-37(44)29-20-41(21-29)50(3,45)46/h14-18,22,24-27,29-30H,4-13,19-21H2,1-3H3/t24-,25-,27-,30-. The minimum absolute atomic E-state index is 0.0515. The van der Waals surface area contributed by atoms with Crippen LogP contribution in [-0.2, 0) is 24.3 Å². The van der Waals surface area contributed by atoms with E-state index in [4.69, 9.17) is 28.8 Å². The summed E-state index contributed by atoms with van der Waals surface area (Å²) < 4.78 is 41.6. The van der Waals surface area contributed by atoms with Crippen molar-refractivity contribution >= 4 is 27.7 Å². The average Bonchev–Trinajstić information content (AvgIpc) is 3.82. The number of carbonyl (C=O) groups excluding carboxylic acids is 2. The molecule has 0 spiro atoms. The predicted molar refractivity (Wildman–Crippen MR) is 186 cm³/mol. The van der Waals surface area contributed by atoms with Crippen LogP contribution in [-0.4, -0.2) is 78.7 Å². The van der Waals surface area contributed by atoms with Gasteiger partial charge in [-0.25, -0.2) is 22.7 Å². The lowest BCUT2D eigenvalue weighted by Gasteiger charge is -2.37. The largest absolute Gasteiger partial charge is 0.495 e. The number of pyridine rings is 2. The van der Waals surface area contributed by atoms with Gasteiger partial charge in [-0.2, -0.15) is 0 Å². The highest BCUT2D eigenvalue weighted by atomic mass is 32.2. The molecule has 1 aliphatic heterocycles. The Labute approximate surface area is 294 Å². The maximum absolute atomic E-state index is 14.4. The van der Waals surface area contributed by atoms with Crippen molar-refractivity contribution in [2.24, 2.45) is 17.8 Å². The summed E-state index contributed by atoms with van der Waals surface area (Å²) in [6.07, 6.45) is 12.9. The van der Waals surface area contributed by atoms with Gasteiger partial charge in [-0.3, -0.25) is 19.5 Å². The van der Waals surface area contributed by atoms with E-state index in [2.05, 4.69) is 6.07 Å². The van der Waals surface area contributed by atoms with Crippen LogP contribution in [0.2, 0.25) is 0 Å². The van der Waals surface area contributed by atoms with E-state index in [9.17, 15) is 18.0 Å². The molecule has 0 unspecified atom stereocenters. The molecular formula is C37H47N5O7S. The zero-order valence-electron chi connectivity index (χ0n) is 29.1. The number of carbonyl (C=O) groups is 2. The van der Waals surface area contributed by atoms with E-state index in [1.807, 2.05) is 30.0 Å². The van der Waals surface area contributed by atoms with Crippen molar-refractivity contribution in [1.29, 1.82) is 0 Å². The van der Waals surface area contributed by atoms with E-state index >= 15 is 0 Å². The van der Waals surface area contributed by atoms with Gasteiger partial charge in [-0.05, 0) is 101 Å². The molecule has 4 fully saturated rings. The summed E-state index contributed by atoms with van der Waals surface area (Å²) in [6.45, 7) is 2.89. The predicted octanol–water partition coefficient (Wildman–Crippen LogP) is 5.63. The first-order chi connectivity index (χ1) is 24.1. The molecule has 1 amide bonds. The Hall–Kier alpha value is -3.84. The molecule has 4 aliphatic rings. The highest BCUT2D eigenvalue weighted by Gasteiger charge is 2.41. The highest BCUT2D eigenvalue weighted by molar-refractivity contribution is 7.88. The second-order valence-electron chi connectivity index (χ2n) is 14.6. The number of oxazole rings is 1. The number of hydrogen-bond acceptors (Lipinski definition) is 10. The summed E-state index contributed by atoms with van der Waals surface area (Å²) in [6, 6.07) is 7.94. The second kappa shape index (κ2) is 14.4. The third-order valence-corrected chi connectivity index (χ3v) is 12.2. The van der Waals surface area contributed by atoms with E-state index in [0.717, 1.165) is 79.1 Å². The Morgan fingerprint density at radius 1 is 0.940 bits per heavy atom. The van der Waals surface area contributed by atoms with Gasteiger partial charge in [0.25, 0.3) is 0 Å². The van der Waals surface area contributed by atoms with Crippen LogP contribution in [0.15, 0.2) is 41.1 Å². The number of nitrogens with zero attached hydrogens (tertiary/aromatic N) is 5. The summed E-state index contributed by atoms with van der Waals surface area (Å²) in [7, 11) is -1.64. The molecule has 4 heterocycles. The molecule has 0 N–H and O–H groups in total. The van der Waals surface area contributed by atoms with Gasteiger partial charge < -0.3 is 13.9 Å². The monoisotopic (exact) mass is 705 g/mol. The number of amides is 1. The molecule has 13 heteroatoms. The first-order valence-electron chi connectivity index (χ1n) is 18.0. The third-order valence-electron chi connectivity index (χ3n) is 11.0. The summed E-state index contributed by atoms with van der Waals surface area (Å²) >= 11 is 0. The van der Waals surface area contributed by atoms with E-state index in [1.165, 1.54) is 4.31 Å². The van der Waals surface area contributed by atoms with Crippen molar-refractivity contribution in [3.63, 3.8) is 0 Å². The number of aryl methyl sites for hydroxylation is 1. The number of anilines is 1. The molecule has 1 saturated heterocycles. The lowest BCUT2D eigenvalue weighted by atomic mass is 9.79. The van der Waals surface area contributed by atoms with E-state index in [1.54, 1.807) is 19.6 Å². The number of esters is 1. The Bertz CT molecular complexity index is 1800. The van der Waals surface area contributed by atoms with Crippen LogP contribution in [0.3, 0.4) is 0 Å². The Morgan fingerprint density at radius 2 is 1.66 bits per heavy atom. The smallest absolute Gasteiger partial charge is 0.311 e. The Kier molecular flexibility index (Phi) is 9.98. The van der Waals surface area contributed by atoms with Gasteiger partial charge in [0.05, 0.1) is 25.0 Å². The van der Waals surface area contributed by atoms with E-state index in [-0.39, 0.29) is 37.0 Å². The van der Waals surface area contributed by atoms with Crippen molar-refractivity contribution in [1.82, 2.24) is 19.3 Å². The molecular weight excluding hydrogens is 659 g/mol. The molecule has 0 radical (unpaired) electrons. The fraction of sp³-hybridized carbons (Fsp3) is 0.595. The van der Waals surface area contributed by atoms with Crippen LogP contribution in [0.4, 0.5) is 5.82 Å². The number of ether oxygens (including phenoxy) is 2. The molecule has 3 saturated carbocycles. The molecule has 3 aromatic rings. The van der Waals surface area contributed by atoms with Crippen molar-refractivity contribution in [3.8, 4) is 17.0 Å². The zero-order valence-corrected chi connectivity index (χ0v) is 29.9. The number of hydrogen-bond donors (Lipinski definition) is 0. The first-order valence-corrected chi connectivity index (χ1v) is 19.8. The summed E-state index contributed by atoms with van der Waals surface area (Å²) in [5.74, 6) is 2.35.